The lowest BCUT2D eigenvalue weighted by atomic mass is 9.90. The average Bonchev–Trinajstić information content (AvgIpc) is 2.90. The number of nitrogens with one attached hydrogen (secondary N) is 2. The molecule has 0 aliphatic carbocycles. The Balaban J connectivity index is 1.69. The second kappa shape index (κ2) is 5.77. The van der Waals surface area contributed by atoms with Gasteiger partial charge in [-0.15, -0.1) is 11.3 Å². The summed E-state index contributed by atoms with van der Waals surface area (Å²) in [5.74, 6) is 0.0247. The summed E-state index contributed by atoms with van der Waals surface area (Å²) < 4.78 is 0. The van der Waals surface area contributed by atoms with Crippen molar-refractivity contribution in [1.82, 2.24) is 10.6 Å². The van der Waals surface area contributed by atoms with E-state index >= 15 is 0 Å². The number of thiophene rings is 1. The topological polar surface area (TPSA) is 41.1 Å². The molecule has 104 valence electrons. The number of aryl methyl sites for hydroxylation is 1. The van der Waals surface area contributed by atoms with Crippen molar-refractivity contribution in [1.29, 1.82) is 0 Å². The van der Waals surface area contributed by atoms with Gasteiger partial charge in [0.1, 0.15) is 0 Å². The normalized spacial score (nSPS) is 17.6. The first-order chi connectivity index (χ1) is 9.74. The molecule has 1 unspecified atom stereocenters. The molecule has 0 saturated heterocycles. The fourth-order valence-corrected chi connectivity index (χ4v) is 3.44. The summed E-state index contributed by atoms with van der Waals surface area (Å²) in [5, 5.41) is 6.37. The van der Waals surface area contributed by atoms with Crippen LogP contribution in [0.4, 0.5) is 0 Å². The van der Waals surface area contributed by atoms with Gasteiger partial charge in [-0.25, -0.2) is 0 Å². The number of benzene rings is 1. The third kappa shape index (κ3) is 2.76. The molecule has 3 rings (SSSR count). The monoisotopic (exact) mass is 286 g/mol. The number of fused-ring (bicyclic) bond motifs is 1. The van der Waals surface area contributed by atoms with Crippen molar-refractivity contribution < 1.29 is 4.79 Å². The van der Waals surface area contributed by atoms with Crippen molar-refractivity contribution in [2.45, 2.75) is 25.9 Å². The van der Waals surface area contributed by atoms with E-state index in [1.165, 1.54) is 15.3 Å². The van der Waals surface area contributed by atoms with Crippen LogP contribution in [0, 0.1) is 6.92 Å². The first-order valence-corrected chi connectivity index (χ1v) is 7.67. The van der Waals surface area contributed by atoms with Crippen molar-refractivity contribution in [2.75, 3.05) is 6.54 Å². The Kier molecular flexibility index (Phi) is 3.85. The van der Waals surface area contributed by atoms with Gasteiger partial charge in [-0.1, -0.05) is 24.3 Å². The van der Waals surface area contributed by atoms with Crippen molar-refractivity contribution in [3.63, 3.8) is 0 Å². The van der Waals surface area contributed by atoms with Crippen molar-refractivity contribution in [2.24, 2.45) is 0 Å². The molecule has 1 aliphatic rings. The van der Waals surface area contributed by atoms with Crippen LogP contribution < -0.4 is 10.6 Å². The molecule has 3 nitrogen and oxygen atoms in total. The Morgan fingerprint density at radius 2 is 2.20 bits per heavy atom. The highest BCUT2D eigenvalue weighted by atomic mass is 32.1. The maximum atomic E-state index is 12.4. The third-order valence-electron chi connectivity index (χ3n) is 3.64. The van der Waals surface area contributed by atoms with E-state index in [1.54, 1.807) is 11.3 Å². The van der Waals surface area contributed by atoms with Gasteiger partial charge in [0.15, 0.2) is 0 Å². The minimum Gasteiger partial charge on any atom is -0.351 e. The lowest BCUT2D eigenvalue weighted by Crippen LogP contribution is -2.38. The maximum absolute atomic E-state index is 12.4. The smallest absolute Gasteiger partial charge is 0.229 e. The molecular formula is C16H18N2OS. The summed E-state index contributed by atoms with van der Waals surface area (Å²) in [5.41, 5.74) is 2.39. The molecule has 4 heteroatoms. The molecule has 0 bridgehead atoms. The van der Waals surface area contributed by atoms with Crippen LogP contribution in [0.5, 0.6) is 0 Å². The van der Waals surface area contributed by atoms with E-state index in [-0.39, 0.29) is 11.8 Å². The first-order valence-electron chi connectivity index (χ1n) is 6.85. The van der Waals surface area contributed by atoms with Gasteiger partial charge in [0.05, 0.1) is 12.5 Å². The predicted octanol–water partition coefficient (Wildman–Crippen LogP) is 2.56. The van der Waals surface area contributed by atoms with E-state index in [1.807, 2.05) is 12.1 Å². The lowest BCUT2D eigenvalue weighted by Gasteiger charge is -2.25. The van der Waals surface area contributed by atoms with Crippen LogP contribution in [0.2, 0.25) is 0 Å². The fraction of sp³-hybridized carbons (Fsp3) is 0.312. The van der Waals surface area contributed by atoms with Crippen LogP contribution in [0.25, 0.3) is 0 Å². The lowest BCUT2D eigenvalue weighted by molar-refractivity contribution is -0.122. The first kappa shape index (κ1) is 13.3. The summed E-state index contributed by atoms with van der Waals surface area (Å²) in [6.07, 6.45) is 0. The van der Waals surface area contributed by atoms with Crippen LogP contribution in [0.15, 0.2) is 36.4 Å². The summed E-state index contributed by atoms with van der Waals surface area (Å²) >= 11 is 1.73. The second-order valence-corrected chi connectivity index (χ2v) is 6.48. The molecule has 1 atom stereocenters. The van der Waals surface area contributed by atoms with Gasteiger partial charge >= 0.3 is 0 Å². The summed E-state index contributed by atoms with van der Waals surface area (Å²) in [6.45, 7) is 4.27. The number of hydrogen-bond acceptors (Lipinski definition) is 3. The standard InChI is InChI=1S/C16H18N2OS/c1-11-6-7-13(20-11)9-18-16(19)15-10-17-8-12-4-2-3-5-14(12)15/h2-7,15,17H,8-10H2,1H3,(H,18,19). The van der Waals surface area contributed by atoms with Gasteiger partial charge in [-0.3, -0.25) is 4.79 Å². The zero-order valence-electron chi connectivity index (χ0n) is 11.5. The van der Waals surface area contributed by atoms with Crippen LogP contribution in [0.3, 0.4) is 0 Å². The number of rotatable bonds is 3. The zero-order chi connectivity index (χ0) is 13.9. The van der Waals surface area contributed by atoms with E-state index in [0.29, 0.717) is 13.1 Å². The quantitative estimate of drug-likeness (QED) is 0.910. The number of carbonyl (C=O) groups excluding carboxylic acids is 1. The highest BCUT2D eigenvalue weighted by Crippen LogP contribution is 2.24. The van der Waals surface area contributed by atoms with Crippen molar-refractivity contribution in [3.8, 4) is 0 Å². The summed E-state index contributed by atoms with van der Waals surface area (Å²) in [4.78, 5) is 14.9. The van der Waals surface area contributed by atoms with Crippen LogP contribution in [-0.4, -0.2) is 12.5 Å². The largest absolute Gasteiger partial charge is 0.351 e. The Morgan fingerprint density at radius 1 is 1.35 bits per heavy atom. The van der Waals surface area contributed by atoms with Crippen molar-refractivity contribution >= 4 is 17.2 Å². The molecule has 1 amide bonds. The molecule has 20 heavy (non-hydrogen) atoms. The SMILES string of the molecule is Cc1ccc(CNC(=O)C2CNCc3ccccc32)s1. The minimum atomic E-state index is -0.0824. The molecule has 1 aromatic heterocycles. The Hall–Kier alpha value is -1.65. The molecule has 0 saturated carbocycles. The van der Waals surface area contributed by atoms with Gasteiger partial charge < -0.3 is 10.6 Å². The second-order valence-electron chi connectivity index (χ2n) is 5.11. The Labute approximate surface area is 123 Å². The zero-order valence-corrected chi connectivity index (χ0v) is 12.3. The molecule has 2 aromatic rings. The molecule has 0 spiro atoms. The Bertz CT molecular complexity index is 620. The van der Waals surface area contributed by atoms with E-state index in [2.05, 4.69) is 41.8 Å². The van der Waals surface area contributed by atoms with Gasteiger partial charge in [0, 0.05) is 22.8 Å². The van der Waals surface area contributed by atoms with Crippen LogP contribution in [0.1, 0.15) is 26.8 Å². The number of carbonyl (C=O) groups is 1. The molecule has 0 fully saturated rings. The Morgan fingerprint density at radius 3 is 3.00 bits per heavy atom. The van der Waals surface area contributed by atoms with Crippen LogP contribution >= 0.6 is 11.3 Å². The molecular weight excluding hydrogens is 268 g/mol. The number of amides is 1. The van der Waals surface area contributed by atoms with Gasteiger partial charge in [-0.05, 0) is 30.2 Å². The van der Waals surface area contributed by atoms with Gasteiger partial charge in [-0.2, -0.15) is 0 Å². The third-order valence-corrected chi connectivity index (χ3v) is 4.64. The van der Waals surface area contributed by atoms with E-state index in [0.717, 1.165) is 12.1 Å². The summed E-state index contributed by atoms with van der Waals surface area (Å²) in [6, 6.07) is 12.3. The molecule has 1 aromatic carbocycles. The fourth-order valence-electron chi connectivity index (χ4n) is 2.61. The van der Waals surface area contributed by atoms with E-state index in [4.69, 9.17) is 0 Å². The highest BCUT2D eigenvalue weighted by Gasteiger charge is 2.25. The average molecular weight is 286 g/mol. The highest BCUT2D eigenvalue weighted by molar-refractivity contribution is 7.11. The summed E-state index contributed by atoms with van der Waals surface area (Å²) in [7, 11) is 0. The predicted molar refractivity (Wildman–Crippen MR) is 81.8 cm³/mol. The molecule has 2 N–H and O–H groups in total. The van der Waals surface area contributed by atoms with Gasteiger partial charge in [0.25, 0.3) is 0 Å². The van der Waals surface area contributed by atoms with Crippen LogP contribution in [-0.2, 0) is 17.9 Å². The number of hydrogen-bond donors (Lipinski definition) is 2. The molecule has 2 heterocycles. The van der Waals surface area contributed by atoms with Gasteiger partial charge in [0.2, 0.25) is 5.91 Å². The molecule has 1 aliphatic heterocycles. The van der Waals surface area contributed by atoms with E-state index in [9.17, 15) is 4.79 Å². The van der Waals surface area contributed by atoms with Crippen molar-refractivity contribution in [3.05, 3.63) is 57.3 Å². The maximum Gasteiger partial charge on any atom is 0.229 e. The van der Waals surface area contributed by atoms with E-state index < -0.39 is 0 Å². The molecule has 0 radical (unpaired) electrons. The minimum absolute atomic E-state index is 0.0824.